The standard InChI is InChI=1S/C28H25ClFN7O3/c1-16-25-17(6-9-22(33-25)27-32-13-24(35(27)2)37-11-10-23(38)34-28(37)39)14-36(16)15-18-7-8-19(12-31-18)40-26-20(29)4-3-5-21(26)30/h3-9,12-13,16H,10-11,14-15H2,1-2H3,(H,34,38,39)/t16-/m1/s1. The molecular weight excluding hydrogens is 537 g/mol. The molecule has 1 saturated heterocycles. The minimum Gasteiger partial charge on any atom is -0.451 e. The van der Waals surface area contributed by atoms with Gasteiger partial charge in [-0.2, -0.15) is 0 Å². The van der Waals surface area contributed by atoms with E-state index >= 15 is 0 Å². The number of imide groups is 1. The molecule has 0 radical (unpaired) electrons. The van der Waals surface area contributed by atoms with Crippen LogP contribution in [0.25, 0.3) is 11.5 Å². The molecule has 10 nitrogen and oxygen atoms in total. The zero-order valence-corrected chi connectivity index (χ0v) is 22.5. The van der Waals surface area contributed by atoms with Gasteiger partial charge in [0.15, 0.2) is 17.4 Å². The summed E-state index contributed by atoms with van der Waals surface area (Å²) in [5.41, 5.74) is 3.60. The third-order valence-electron chi connectivity index (χ3n) is 7.15. The molecule has 2 aliphatic heterocycles. The Morgan fingerprint density at radius 1 is 1.12 bits per heavy atom. The minimum absolute atomic E-state index is 0.0293. The summed E-state index contributed by atoms with van der Waals surface area (Å²) < 4.78 is 21.5. The summed E-state index contributed by atoms with van der Waals surface area (Å²) in [6.07, 6.45) is 3.41. The molecule has 0 bridgehead atoms. The van der Waals surface area contributed by atoms with E-state index in [0.29, 0.717) is 42.7 Å². The van der Waals surface area contributed by atoms with Crippen LogP contribution < -0.4 is 15.0 Å². The highest BCUT2D eigenvalue weighted by atomic mass is 35.5. The monoisotopic (exact) mass is 561 g/mol. The van der Waals surface area contributed by atoms with Crippen molar-refractivity contribution < 1.29 is 18.7 Å². The summed E-state index contributed by atoms with van der Waals surface area (Å²) in [6, 6.07) is 11.5. The number of anilines is 1. The number of nitrogens with zero attached hydrogens (tertiary/aromatic N) is 6. The van der Waals surface area contributed by atoms with Crippen LogP contribution in [0.1, 0.15) is 36.3 Å². The molecule has 3 aromatic heterocycles. The van der Waals surface area contributed by atoms with Crippen molar-refractivity contribution >= 4 is 29.4 Å². The predicted octanol–water partition coefficient (Wildman–Crippen LogP) is 4.99. The summed E-state index contributed by atoms with van der Waals surface area (Å²) in [4.78, 5) is 41.6. The van der Waals surface area contributed by atoms with Crippen molar-refractivity contribution in [3.05, 3.63) is 82.6 Å². The van der Waals surface area contributed by atoms with Crippen LogP contribution in [0.4, 0.5) is 15.0 Å². The Kier molecular flexibility index (Phi) is 6.68. The lowest BCUT2D eigenvalue weighted by Crippen LogP contribution is -2.50. The van der Waals surface area contributed by atoms with E-state index < -0.39 is 11.8 Å². The van der Waals surface area contributed by atoms with Crippen molar-refractivity contribution in [1.29, 1.82) is 0 Å². The Hall–Kier alpha value is -4.35. The number of para-hydroxylation sites is 1. The number of benzene rings is 1. The molecule has 2 aliphatic rings. The molecule has 1 fully saturated rings. The van der Waals surface area contributed by atoms with E-state index in [-0.39, 0.29) is 29.1 Å². The Morgan fingerprint density at radius 3 is 2.73 bits per heavy atom. The van der Waals surface area contributed by atoms with Crippen molar-refractivity contribution in [1.82, 2.24) is 29.7 Å². The molecule has 0 saturated carbocycles. The van der Waals surface area contributed by atoms with Gasteiger partial charge in [-0.15, -0.1) is 0 Å². The van der Waals surface area contributed by atoms with Crippen LogP contribution >= 0.6 is 11.6 Å². The number of rotatable bonds is 6. The maximum atomic E-state index is 14.1. The van der Waals surface area contributed by atoms with E-state index in [1.54, 1.807) is 24.5 Å². The highest BCUT2D eigenvalue weighted by molar-refractivity contribution is 6.32. The third-order valence-corrected chi connectivity index (χ3v) is 7.45. The van der Waals surface area contributed by atoms with Gasteiger partial charge in [-0.25, -0.2) is 19.2 Å². The van der Waals surface area contributed by atoms with Crippen molar-refractivity contribution in [2.75, 3.05) is 11.4 Å². The van der Waals surface area contributed by atoms with Gasteiger partial charge in [0.2, 0.25) is 5.91 Å². The van der Waals surface area contributed by atoms with Crippen molar-refractivity contribution in [2.45, 2.75) is 32.5 Å². The number of carbonyl (C=O) groups excluding carboxylic acids is 2. The second kappa shape index (κ2) is 10.3. The lowest BCUT2D eigenvalue weighted by molar-refractivity contribution is -0.120. The highest BCUT2D eigenvalue weighted by Crippen LogP contribution is 2.36. The van der Waals surface area contributed by atoms with E-state index in [4.69, 9.17) is 21.3 Å². The van der Waals surface area contributed by atoms with Crippen LogP contribution in [0.15, 0.2) is 54.9 Å². The number of urea groups is 1. The van der Waals surface area contributed by atoms with Crippen molar-refractivity contribution in [3.8, 4) is 23.0 Å². The van der Waals surface area contributed by atoms with Crippen LogP contribution in [0, 0.1) is 5.82 Å². The molecule has 3 amide bonds. The number of fused-ring (bicyclic) bond motifs is 1. The Labute approximate surface area is 234 Å². The molecule has 204 valence electrons. The number of ether oxygens (including phenoxy) is 1. The molecule has 5 heterocycles. The molecule has 1 aromatic carbocycles. The van der Waals surface area contributed by atoms with Crippen molar-refractivity contribution in [3.63, 3.8) is 0 Å². The fourth-order valence-corrected chi connectivity index (χ4v) is 5.19. The van der Waals surface area contributed by atoms with Gasteiger partial charge in [-0.1, -0.05) is 23.7 Å². The summed E-state index contributed by atoms with van der Waals surface area (Å²) >= 11 is 6.06. The number of pyridine rings is 2. The average Bonchev–Trinajstić information content (AvgIpc) is 3.46. The molecule has 1 atom stereocenters. The first kappa shape index (κ1) is 25.9. The van der Waals surface area contributed by atoms with Crippen molar-refractivity contribution in [2.24, 2.45) is 7.05 Å². The number of nitrogens with one attached hydrogen (secondary N) is 1. The minimum atomic E-state index is -0.539. The van der Waals surface area contributed by atoms with Gasteiger partial charge in [0.1, 0.15) is 17.3 Å². The fourth-order valence-electron chi connectivity index (χ4n) is 4.99. The molecule has 0 unspecified atom stereocenters. The van der Waals surface area contributed by atoms with E-state index in [1.807, 2.05) is 23.7 Å². The van der Waals surface area contributed by atoms with Crippen LogP contribution in [-0.4, -0.2) is 42.9 Å². The van der Waals surface area contributed by atoms with Crippen LogP contribution in [0.3, 0.4) is 0 Å². The lowest BCUT2D eigenvalue weighted by atomic mass is 10.1. The second-order valence-electron chi connectivity index (χ2n) is 9.71. The normalized spacial score (nSPS) is 17.2. The third kappa shape index (κ3) is 4.78. The number of hydrogen-bond acceptors (Lipinski definition) is 7. The number of amides is 3. The molecule has 6 rings (SSSR count). The Morgan fingerprint density at radius 2 is 1.98 bits per heavy atom. The molecule has 12 heteroatoms. The SMILES string of the molecule is C[C@@H]1c2nc(-c3ncc(N4CCC(=O)NC4=O)n3C)ccc2CN1Cc1ccc(Oc2c(F)cccc2Cl)cn1. The first-order valence-corrected chi connectivity index (χ1v) is 13.1. The molecule has 4 aromatic rings. The highest BCUT2D eigenvalue weighted by Gasteiger charge is 2.30. The second-order valence-corrected chi connectivity index (χ2v) is 10.1. The summed E-state index contributed by atoms with van der Waals surface area (Å²) in [6.45, 7) is 3.69. The van der Waals surface area contributed by atoms with E-state index in [9.17, 15) is 14.0 Å². The van der Waals surface area contributed by atoms with Gasteiger partial charge in [-0.3, -0.25) is 24.9 Å². The smallest absolute Gasteiger partial charge is 0.329 e. The van der Waals surface area contributed by atoms with Crippen LogP contribution in [-0.2, 0) is 24.9 Å². The molecular formula is C28H25ClFN7O3. The summed E-state index contributed by atoms with van der Waals surface area (Å²) in [5.74, 6) is 0.756. The Balaban J connectivity index is 1.16. The zero-order valence-electron chi connectivity index (χ0n) is 21.8. The largest absolute Gasteiger partial charge is 0.451 e. The predicted molar refractivity (Wildman–Crippen MR) is 145 cm³/mol. The average molecular weight is 562 g/mol. The maximum absolute atomic E-state index is 14.1. The first-order chi connectivity index (χ1) is 19.3. The van der Waals surface area contributed by atoms with Gasteiger partial charge >= 0.3 is 6.03 Å². The summed E-state index contributed by atoms with van der Waals surface area (Å²) in [7, 11) is 1.82. The number of halogens is 2. The fraction of sp³-hybridized carbons (Fsp3) is 0.250. The maximum Gasteiger partial charge on any atom is 0.329 e. The van der Waals surface area contributed by atoms with Gasteiger partial charge in [0.25, 0.3) is 0 Å². The van der Waals surface area contributed by atoms with Crippen LogP contribution in [0.5, 0.6) is 11.5 Å². The number of carbonyl (C=O) groups is 2. The topological polar surface area (TPSA) is 105 Å². The lowest BCUT2D eigenvalue weighted by Gasteiger charge is -2.26. The molecule has 40 heavy (non-hydrogen) atoms. The van der Waals surface area contributed by atoms with E-state index in [0.717, 1.165) is 17.0 Å². The Bertz CT molecular complexity index is 1600. The van der Waals surface area contributed by atoms with Gasteiger partial charge < -0.3 is 9.30 Å². The summed E-state index contributed by atoms with van der Waals surface area (Å²) in [5, 5.41) is 2.53. The quantitative estimate of drug-likeness (QED) is 0.354. The van der Waals surface area contributed by atoms with Crippen LogP contribution in [0.2, 0.25) is 5.02 Å². The van der Waals surface area contributed by atoms with Gasteiger partial charge in [0.05, 0.1) is 34.8 Å². The van der Waals surface area contributed by atoms with E-state index in [1.165, 1.54) is 17.0 Å². The number of hydrogen-bond donors (Lipinski definition) is 1. The van der Waals surface area contributed by atoms with E-state index in [2.05, 4.69) is 33.2 Å². The first-order valence-electron chi connectivity index (χ1n) is 12.7. The molecule has 0 aliphatic carbocycles. The number of imidazole rings is 1. The molecule has 0 spiro atoms. The van der Waals surface area contributed by atoms with Gasteiger partial charge in [0, 0.05) is 33.1 Å². The molecule has 1 N–H and O–H groups in total. The zero-order chi connectivity index (χ0) is 28.0. The van der Waals surface area contributed by atoms with Gasteiger partial charge in [-0.05, 0) is 42.8 Å². The number of aromatic nitrogens is 4.